The van der Waals surface area contributed by atoms with E-state index in [1.165, 1.54) is 0 Å². The molecule has 0 aliphatic heterocycles. The normalized spacial score (nSPS) is 10.8. The van der Waals surface area contributed by atoms with Gasteiger partial charge in [0.25, 0.3) is 5.91 Å². The highest BCUT2D eigenvalue weighted by molar-refractivity contribution is 7.22. The zero-order valence-corrected chi connectivity index (χ0v) is 15.2. The minimum absolute atomic E-state index is 0.0309. The molecule has 0 aliphatic carbocycles. The van der Waals surface area contributed by atoms with Crippen molar-refractivity contribution >= 4 is 32.6 Å². The predicted octanol–water partition coefficient (Wildman–Crippen LogP) is 5.45. The van der Waals surface area contributed by atoms with E-state index >= 15 is 0 Å². The number of carbonyl (C=O) groups excluding carboxylic acids is 1. The van der Waals surface area contributed by atoms with E-state index in [0.717, 1.165) is 26.5 Å². The molecule has 0 fully saturated rings. The maximum absolute atomic E-state index is 13.3. The van der Waals surface area contributed by atoms with Crippen LogP contribution >= 0.6 is 11.3 Å². The number of hydrogen-bond acceptors (Lipinski definition) is 3. The van der Waals surface area contributed by atoms with E-state index in [-0.39, 0.29) is 5.91 Å². The first-order chi connectivity index (χ1) is 12.7. The van der Waals surface area contributed by atoms with Gasteiger partial charge in [-0.15, -0.1) is 0 Å². The number of carbonyl (C=O) groups is 1. The van der Waals surface area contributed by atoms with Crippen molar-refractivity contribution < 1.29 is 4.79 Å². The second-order valence-corrected chi connectivity index (χ2v) is 7.22. The first-order valence-corrected chi connectivity index (χ1v) is 9.30. The van der Waals surface area contributed by atoms with Crippen molar-refractivity contribution in [3.8, 4) is 0 Å². The number of rotatable bonds is 4. The van der Waals surface area contributed by atoms with Crippen LogP contribution in [0.4, 0.5) is 5.13 Å². The number of anilines is 1. The van der Waals surface area contributed by atoms with Gasteiger partial charge >= 0.3 is 0 Å². The van der Waals surface area contributed by atoms with Gasteiger partial charge in [0.05, 0.1) is 16.8 Å². The van der Waals surface area contributed by atoms with Crippen molar-refractivity contribution in [1.82, 2.24) is 4.98 Å². The fraction of sp³-hybridized carbons (Fsp3) is 0.0909. The van der Waals surface area contributed by atoms with E-state index in [9.17, 15) is 4.79 Å². The minimum Gasteiger partial charge on any atom is -0.279 e. The van der Waals surface area contributed by atoms with Crippen molar-refractivity contribution in [3.63, 3.8) is 0 Å². The molecule has 0 unspecified atom stereocenters. The van der Waals surface area contributed by atoms with Crippen molar-refractivity contribution in [1.29, 1.82) is 0 Å². The summed E-state index contributed by atoms with van der Waals surface area (Å²) in [7, 11) is 0. The lowest BCUT2D eigenvalue weighted by Crippen LogP contribution is -2.30. The third-order valence-electron chi connectivity index (χ3n) is 4.21. The third-order valence-corrected chi connectivity index (χ3v) is 5.27. The zero-order valence-electron chi connectivity index (χ0n) is 14.4. The molecule has 0 N–H and O–H groups in total. The maximum Gasteiger partial charge on any atom is 0.260 e. The Morgan fingerprint density at radius 2 is 1.73 bits per heavy atom. The molecule has 128 valence electrons. The molecule has 1 heterocycles. The molecule has 0 bridgehead atoms. The highest BCUT2D eigenvalue weighted by Crippen LogP contribution is 2.30. The summed E-state index contributed by atoms with van der Waals surface area (Å²) in [5, 5.41) is 0.724. The van der Waals surface area contributed by atoms with Gasteiger partial charge < -0.3 is 0 Å². The summed E-state index contributed by atoms with van der Waals surface area (Å²) in [5.74, 6) is -0.0309. The Morgan fingerprint density at radius 1 is 0.962 bits per heavy atom. The van der Waals surface area contributed by atoms with Crippen molar-refractivity contribution in [2.45, 2.75) is 13.5 Å². The molecule has 4 heteroatoms. The highest BCUT2D eigenvalue weighted by Gasteiger charge is 2.21. The largest absolute Gasteiger partial charge is 0.279 e. The minimum atomic E-state index is -0.0309. The van der Waals surface area contributed by atoms with Crippen molar-refractivity contribution in [2.75, 3.05) is 4.90 Å². The fourth-order valence-electron chi connectivity index (χ4n) is 2.90. The maximum atomic E-state index is 13.3. The van der Waals surface area contributed by atoms with E-state index in [4.69, 9.17) is 4.98 Å². The Hall–Kier alpha value is -2.98. The van der Waals surface area contributed by atoms with E-state index in [2.05, 4.69) is 0 Å². The topological polar surface area (TPSA) is 33.2 Å². The molecular weight excluding hydrogens is 340 g/mol. The number of aromatic nitrogens is 1. The average Bonchev–Trinajstić information content (AvgIpc) is 3.10. The molecule has 0 saturated carbocycles. The molecule has 0 radical (unpaired) electrons. The number of aryl methyl sites for hydroxylation is 1. The van der Waals surface area contributed by atoms with Gasteiger partial charge in [-0.3, -0.25) is 9.69 Å². The highest BCUT2D eigenvalue weighted by atomic mass is 32.1. The number of nitrogens with zero attached hydrogens (tertiary/aromatic N) is 2. The smallest absolute Gasteiger partial charge is 0.260 e. The fourth-order valence-corrected chi connectivity index (χ4v) is 3.86. The van der Waals surface area contributed by atoms with Gasteiger partial charge in [-0.25, -0.2) is 4.98 Å². The molecule has 4 aromatic rings. The monoisotopic (exact) mass is 358 g/mol. The van der Waals surface area contributed by atoms with Crippen molar-refractivity contribution in [3.05, 3.63) is 95.6 Å². The van der Waals surface area contributed by atoms with Crippen LogP contribution < -0.4 is 4.90 Å². The van der Waals surface area contributed by atoms with Crippen LogP contribution in [-0.4, -0.2) is 10.9 Å². The Balaban J connectivity index is 1.77. The summed E-state index contributed by atoms with van der Waals surface area (Å²) in [5.41, 5.74) is 3.75. The quantitative estimate of drug-likeness (QED) is 0.486. The number of para-hydroxylation sites is 1. The molecule has 1 aromatic heterocycles. The van der Waals surface area contributed by atoms with Gasteiger partial charge in [0.15, 0.2) is 5.13 Å². The number of thiazole rings is 1. The van der Waals surface area contributed by atoms with Crippen molar-refractivity contribution in [2.24, 2.45) is 0 Å². The van der Waals surface area contributed by atoms with Crippen LogP contribution in [-0.2, 0) is 6.54 Å². The summed E-state index contributed by atoms with van der Waals surface area (Å²) >= 11 is 1.55. The predicted molar refractivity (Wildman–Crippen MR) is 108 cm³/mol. The molecule has 0 spiro atoms. The first kappa shape index (κ1) is 16.5. The van der Waals surface area contributed by atoms with E-state index < -0.39 is 0 Å². The van der Waals surface area contributed by atoms with Gasteiger partial charge in [-0.1, -0.05) is 71.5 Å². The Kier molecular flexibility index (Phi) is 4.50. The summed E-state index contributed by atoms with van der Waals surface area (Å²) in [4.78, 5) is 19.7. The van der Waals surface area contributed by atoms with Crippen LogP contribution in [0.3, 0.4) is 0 Å². The summed E-state index contributed by atoms with van der Waals surface area (Å²) in [6.45, 7) is 2.49. The Morgan fingerprint density at radius 3 is 2.50 bits per heavy atom. The van der Waals surface area contributed by atoms with E-state index in [1.54, 1.807) is 16.2 Å². The summed E-state index contributed by atoms with van der Waals surface area (Å²) in [6, 6.07) is 25.7. The standard InChI is InChI=1S/C22H18N2OS/c1-16-8-7-11-18(14-16)21(25)24(15-17-9-3-2-4-10-17)22-23-19-12-5-6-13-20(19)26-22/h2-14H,15H2,1H3. The van der Waals surface area contributed by atoms with Gasteiger partial charge in [-0.2, -0.15) is 0 Å². The van der Waals surface area contributed by atoms with E-state index in [1.807, 2.05) is 85.8 Å². The van der Waals surface area contributed by atoms with Gasteiger partial charge in [-0.05, 0) is 36.8 Å². The molecular formula is C22H18N2OS. The van der Waals surface area contributed by atoms with Crippen LogP contribution in [0.25, 0.3) is 10.2 Å². The molecule has 3 nitrogen and oxygen atoms in total. The summed E-state index contributed by atoms with van der Waals surface area (Å²) < 4.78 is 1.08. The Labute approximate surface area is 156 Å². The molecule has 4 rings (SSSR count). The lowest BCUT2D eigenvalue weighted by molar-refractivity contribution is 0.0985. The molecule has 26 heavy (non-hydrogen) atoms. The van der Waals surface area contributed by atoms with Crippen LogP contribution in [0.5, 0.6) is 0 Å². The van der Waals surface area contributed by atoms with Crippen LogP contribution in [0.1, 0.15) is 21.5 Å². The van der Waals surface area contributed by atoms with E-state index in [0.29, 0.717) is 12.1 Å². The zero-order chi connectivity index (χ0) is 17.9. The average molecular weight is 358 g/mol. The number of hydrogen-bond donors (Lipinski definition) is 0. The van der Waals surface area contributed by atoms with Gasteiger partial charge in [0.2, 0.25) is 0 Å². The lowest BCUT2D eigenvalue weighted by Gasteiger charge is -2.20. The van der Waals surface area contributed by atoms with Crippen LogP contribution in [0.2, 0.25) is 0 Å². The lowest BCUT2D eigenvalue weighted by atomic mass is 10.1. The number of amides is 1. The van der Waals surface area contributed by atoms with Gasteiger partial charge in [0.1, 0.15) is 0 Å². The second kappa shape index (κ2) is 7.10. The number of benzene rings is 3. The summed E-state index contributed by atoms with van der Waals surface area (Å²) in [6.07, 6.45) is 0. The van der Waals surface area contributed by atoms with Gasteiger partial charge in [0, 0.05) is 5.56 Å². The SMILES string of the molecule is Cc1cccc(C(=O)N(Cc2ccccc2)c2nc3ccccc3s2)c1. The van der Waals surface area contributed by atoms with Crippen LogP contribution in [0.15, 0.2) is 78.9 Å². The van der Waals surface area contributed by atoms with Crippen LogP contribution in [0, 0.1) is 6.92 Å². The third kappa shape index (κ3) is 3.37. The Bertz CT molecular complexity index is 1020. The molecule has 0 saturated heterocycles. The molecule has 0 atom stereocenters. The second-order valence-electron chi connectivity index (χ2n) is 6.21. The number of fused-ring (bicyclic) bond motifs is 1. The molecule has 1 amide bonds. The first-order valence-electron chi connectivity index (χ1n) is 8.49. The molecule has 0 aliphatic rings. The molecule has 3 aromatic carbocycles.